The highest BCUT2D eigenvalue weighted by Gasteiger charge is 2.30. The van der Waals surface area contributed by atoms with Crippen molar-refractivity contribution >= 4 is 0 Å². The number of nitrogens with zero attached hydrogens (tertiary/aromatic N) is 1. The summed E-state index contributed by atoms with van der Waals surface area (Å²) in [5.41, 5.74) is 11.2. The highest BCUT2D eigenvalue weighted by atomic mass is 15.4. The number of hydrogen-bond acceptors (Lipinski definition) is 3. The number of nitrogens with one attached hydrogen (secondary N) is 2. The van der Waals surface area contributed by atoms with Gasteiger partial charge in [0, 0.05) is 32.1 Å². The number of hydrogen-bond donors (Lipinski definition) is 2. The van der Waals surface area contributed by atoms with Crippen LogP contribution in [-0.4, -0.2) is 24.5 Å². The molecule has 0 saturated carbocycles. The van der Waals surface area contributed by atoms with E-state index in [1.54, 1.807) is 0 Å². The van der Waals surface area contributed by atoms with Gasteiger partial charge in [0.25, 0.3) is 0 Å². The zero-order chi connectivity index (χ0) is 14.8. The second-order valence-electron chi connectivity index (χ2n) is 6.43. The first-order chi connectivity index (χ1) is 10.9. The van der Waals surface area contributed by atoms with Gasteiger partial charge in [-0.05, 0) is 23.1 Å². The summed E-state index contributed by atoms with van der Waals surface area (Å²) in [6.07, 6.45) is 1.18. The van der Waals surface area contributed by atoms with Crippen LogP contribution in [0.15, 0.2) is 54.6 Å². The average Bonchev–Trinajstić information content (AvgIpc) is 3.04. The molecule has 0 amide bonds. The molecular formula is C19H23N3. The summed E-state index contributed by atoms with van der Waals surface area (Å²) in [4.78, 5) is 2.61. The van der Waals surface area contributed by atoms with E-state index < -0.39 is 0 Å². The predicted octanol–water partition coefficient (Wildman–Crippen LogP) is 2.51. The average molecular weight is 293 g/mol. The summed E-state index contributed by atoms with van der Waals surface area (Å²) < 4.78 is 0. The van der Waals surface area contributed by atoms with E-state index in [4.69, 9.17) is 0 Å². The molecule has 22 heavy (non-hydrogen) atoms. The fourth-order valence-electron chi connectivity index (χ4n) is 3.76. The molecule has 3 heteroatoms. The van der Waals surface area contributed by atoms with Crippen molar-refractivity contribution in [3.8, 4) is 0 Å². The molecule has 2 N–H and O–H groups in total. The van der Waals surface area contributed by atoms with E-state index >= 15 is 0 Å². The molecule has 0 bridgehead atoms. The Morgan fingerprint density at radius 1 is 0.955 bits per heavy atom. The first kappa shape index (κ1) is 13.9. The fourth-order valence-corrected chi connectivity index (χ4v) is 3.76. The van der Waals surface area contributed by atoms with Crippen LogP contribution >= 0.6 is 0 Å². The van der Waals surface area contributed by atoms with Crippen molar-refractivity contribution in [2.24, 2.45) is 5.92 Å². The van der Waals surface area contributed by atoms with Gasteiger partial charge in [0.1, 0.15) is 0 Å². The summed E-state index contributed by atoms with van der Waals surface area (Å²) in [7, 11) is 0. The van der Waals surface area contributed by atoms with Gasteiger partial charge in [-0.15, -0.1) is 0 Å². The summed E-state index contributed by atoms with van der Waals surface area (Å²) in [6.45, 7) is 4.45. The van der Waals surface area contributed by atoms with Crippen LogP contribution in [0.1, 0.15) is 22.7 Å². The monoisotopic (exact) mass is 293 g/mol. The number of hydrazine groups is 1. The molecule has 2 aliphatic heterocycles. The standard InChI is InChI=1S/C19H23N3/c1-2-7-16(8-3-1)19-18(12-20-21-19)14-22-11-10-15-6-4-5-9-17(15)13-22/h1-9,18-21H,10-14H2. The van der Waals surface area contributed by atoms with Crippen LogP contribution in [0.25, 0.3) is 0 Å². The third-order valence-corrected chi connectivity index (χ3v) is 4.95. The lowest BCUT2D eigenvalue weighted by Crippen LogP contribution is -2.36. The minimum atomic E-state index is 0.415. The Bertz CT molecular complexity index is 626. The maximum atomic E-state index is 3.46. The summed E-state index contributed by atoms with van der Waals surface area (Å²) >= 11 is 0. The number of rotatable bonds is 3. The molecule has 4 rings (SSSR count). The Hall–Kier alpha value is -1.68. The van der Waals surface area contributed by atoms with Gasteiger partial charge >= 0.3 is 0 Å². The molecule has 1 saturated heterocycles. The molecule has 0 spiro atoms. The fraction of sp³-hybridized carbons (Fsp3) is 0.368. The minimum absolute atomic E-state index is 0.415. The lowest BCUT2D eigenvalue weighted by atomic mass is 9.93. The molecule has 1 fully saturated rings. The van der Waals surface area contributed by atoms with Gasteiger partial charge < -0.3 is 0 Å². The molecular weight excluding hydrogens is 270 g/mol. The van der Waals surface area contributed by atoms with Crippen LogP contribution in [0.3, 0.4) is 0 Å². The van der Waals surface area contributed by atoms with Crippen molar-refractivity contribution in [2.45, 2.75) is 19.0 Å². The third-order valence-electron chi connectivity index (χ3n) is 4.95. The maximum absolute atomic E-state index is 3.46. The van der Waals surface area contributed by atoms with E-state index in [1.807, 2.05) is 0 Å². The summed E-state index contributed by atoms with van der Waals surface area (Å²) in [5, 5.41) is 0. The highest BCUT2D eigenvalue weighted by molar-refractivity contribution is 5.29. The largest absolute Gasteiger partial charge is 0.298 e. The molecule has 2 unspecified atom stereocenters. The second kappa shape index (κ2) is 6.21. The Balaban J connectivity index is 1.45. The molecule has 2 aromatic rings. The summed E-state index contributed by atoms with van der Waals surface area (Å²) in [6, 6.07) is 20.1. The molecule has 3 nitrogen and oxygen atoms in total. The van der Waals surface area contributed by atoms with E-state index in [9.17, 15) is 0 Å². The van der Waals surface area contributed by atoms with Gasteiger partial charge in [0.15, 0.2) is 0 Å². The van der Waals surface area contributed by atoms with E-state index in [0.717, 1.165) is 19.6 Å². The van der Waals surface area contributed by atoms with Crippen molar-refractivity contribution in [1.29, 1.82) is 0 Å². The van der Waals surface area contributed by atoms with Gasteiger partial charge in [-0.3, -0.25) is 10.3 Å². The van der Waals surface area contributed by atoms with Gasteiger partial charge in [0.05, 0.1) is 6.04 Å². The molecule has 0 aromatic heterocycles. The number of fused-ring (bicyclic) bond motifs is 1. The van der Waals surface area contributed by atoms with Gasteiger partial charge in [-0.2, -0.15) is 0 Å². The molecule has 0 radical (unpaired) electrons. The predicted molar refractivity (Wildman–Crippen MR) is 89.2 cm³/mol. The maximum Gasteiger partial charge on any atom is 0.0515 e. The van der Waals surface area contributed by atoms with Crippen molar-refractivity contribution < 1.29 is 0 Å². The molecule has 2 atom stereocenters. The summed E-state index contributed by atoms with van der Waals surface area (Å²) in [5.74, 6) is 0.618. The molecule has 114 valence electrons. The lowest BCUT2D eigenvalue weighted by Gasteiger charge is -2.32. The van der Waals surface area contributed by atoms with E-state index in [0.29, 0.717) is 12.0 Å². The Labute approximate surface area is 132 Å². The number of benzene rings is 2. The van der Waals surface area contributed by atoms with E-state index in [-0.39, 0.29) is 0 Å². The normalized spacial score (nSPS) is 25.1. The molecule has 0 aliphatic carbocycles. The van der Waals surface area contributed by atoms with Crippen LogP contribution in [0, 0.1) is 5.92 Å². The van der Waals surface area contributed by atoms with Gasteiger partial charge in [-0.25, -0.2) is 5.43 Å². The van der Waals surface area contributed by atoms with Crippen LogP contribution in [-0.2, 0) is 13.0 Å². The first-order valence-electron chi connectivity index (χ1n) is 8.22. The quantitative estimate of drug-likeness (QED) is 0.910. The Morgan fingerprint density at radius 3 is 2.59 bits per heavy atom. The van der Waals surface area contributed by atoms with Crippen LogP contribution in [0.5, 0.6) is 0 Å². The van der Waals surface area contributed by atoms with E-state index in [2.05, 4.69) is 70.3 Å². The molecule has 2 aliphatic rings. The topological polar surface area (TPSA) is 27.3 Å². The van der Waals surface area contributed by atoms with Crippen molar-refractivity contribution in [1.82, 2.24) is 15.8 Å². The van der Waals surface area contributed by atoms with E-state index in [1.165, 1.54) is 29.7 Å². The smallest absolute Gasteiger partial charge is 0.0515 e. The Kier molecular flexibility index (Phi) is 3.94. The van der Waals surface area contributed by atoms with Crippen molar-refractivity contribution in [2.75, 3.05) is 19.6 Å². The minimum Gasteiger partial charge on any atom is -0.298 e. The zero-order valence-corrected chi connectivity index (χ0v) is 12.8. The highest BCUT2D eigenvalue weighted by Crippen LogP contribution is 2.27. The second-order valence-corrected chi connectivity index (χ2v) is 6.43. The van der Waals surface area contributed by atoms with Crippen molar-refractivity contribution in [3.05, 3.63) is 71.3 Å². The SMILES string of the molecule is c1ccc(C2NNCC2CN2CCc3ccccc3C2)cc1. The zero-order valence-electron chi connectivity index (χ0n) is 12.8. The first-order valence-corrected chi connectivity index (χ1v) is 8.22. The molecule has 2 aromatic carbocycles. The van der Waals surface area contributed by atoms with Gasteiger partial charge in [0.2, 0.25) is 0 Å². The third kappa shape index (κ3) is 2.80. The van der Waals surface area contributed by atoms with Crippen LogP contribution in [0.4, 0.5) is 0 Å². The molecule has 2 heterocycles. The van der Waals surface area contributed by atoms with Crippen LogP contribution < -0.4 is 10.9 Å². The van der Waals surface area contributed by atoms with Crippen molar-refractivity contribution in [3.63, 3.8) is 0 Å². The lowest BCUT2D eigenvalue weighted by molar-refractivity contribution is 0.209. The Morgan fingerprint density at radius 2 is 1.73 bits per heavy atom. The van der Waals surface area contributed by atoms with Crippen LogP contribution in [0.2, 0.25) is 0 Å². The van der Waals surface area contributed by atoms with Gasteiger partial charge in [-0.1, -0.05) is 54.6 Å².